The summed E-state index contributed by atoms with van der Waals surface area (Å²) in [4.78, 5) is 7.01. The Morgan fingerprint density at radius 1 is 1.24 bits per heavy atom. The van der Waals surface area contributed by atoms with E-state index in [1.54, 1.807) is 7.11 Å². The molecule has 1 atom stereocenters. The van der Waals surface area contributed by atoms with E-state index in [1.807, 2.05) is 7.05 Å². The maximum absolute atomic E-state index is 5.66. The molecule has 0 bridgehead atoms. The molecule has 6 nitrogen and oxygen atoms in total. The monoisotopic (exact) mass is 516 g/mol. The maximum atomic E-state index is 5.66. The minimum absolute atomic E-state index is 0. The predicted octanol–water partition coefficient (Wildman–Crippen LogP) is 3.01. The van der Waals surface area contributed by atoms with Crippen LogP contribution in [0.25, 0.3) is 0 Å². The summed E-state index contributed by atoms with van der Waals surface area (Å²) in [6.45, 7) is 7.99. The quantitative estimate of drug-likeness (QED) is 0.332. The lowest BCUT2D eigenvalue weighted by molar-refractivity contribution is 0.0513. The minimum atomic E-state index is 0. The lowest BCUT2D eigenvalue weighted by Gasteiger charge is -2.38. The van der Waals surface area contributed by atoms with Crippen molar-refractivity contribution in [1.82, 2.24) is 15.5 Å². The van der Waals surface area contributed by atoms with Gasteiger partial charge in [0.15, 0.2) is 5.96 Å². The van der Waals surface area contributed by atoms with Crippen molar-refractivity contribution in [3.63, 3.8) is 0 Å². The number of hydrogen-bond acceptors (Lipinski definition) is 4. The lowest BCUT2D eigenvalue weighted by atomic mass is 9.74. The van der Waals surface area contributed by atoms with Crippen LogP contribution >= 0.6 is 24.0 Å². The SMILES string of the molecule is CCN1CCCC1CNC(=NC)NCC1(c2ccc(OC)cc2)CCOCC1.I. The van der Waals surface area contributed by atoms with Crippen molar-refractivity contribution < 1.29 is 9.47 Å². The van der Waals surface area contributed by atoms with Crippen LogP contribution in [0.15, 0.2) is 29.3 Å². The molecule has 1 unspecified atom stereocenters. The number of likely N-dealkylation sites (N-methyl/N-ethyl adjacent to an activating group) is 1. The molecule has 2 saturated heterocycles. The molecule has 2 fully saturated rings. The molecule has 0 saturated carbocycles. The largest absolute Gasteiger partial charge is 0.497 e. The first-order chi connectivity index (χ1) is 13.7. The van der Waals surface area contributed by atoms with Gasteiger partial charge in [0, 0.05) is 44.8 Å². The Labute approximate surface area is 192 Å². The first-order valence-corrected chi connectivity index (χ1v) is 10.6. The zero-order valence-corrected chi connectivity index (χ0v) is 20.4. The maximum Gasteiger partial charge on any atom is 0.191 e. The summed E-state index contributed by atoms with van der Waals surface area (Å²) in [5, 5.41) is 7.15. The van der Waals surface area contributed by atoms with E-state index in [0.29, 0.717) is 6.04 Å². The summed E-state index contributed by atoms with van der Waals surface area (Å²) in [6, 6.07) is 9.11. The van der Waals surface area contributed by atoms with Crippen LogP contribution < -0.4 is 15.4 Å². The van der Waals surface area contributed by atoms with Gasteiger partial charge in [-0.2, -0.15) is 0 Å². The van der Waals surface area contributed by atoms with Crippen LogP contribution in [0.2, 0.25) is 0 Å². The van der Waals surface area contributed by atoms with Crippen molar-refractivity contribution in [3.8, 4) is 5.75 Å². The number of halogens is 1. The van der Waals surface area contributed by atoms with E-state index in [4.69, 9.17) is 9.47 Å². The van der Waals surface area contributed by atoms with Gasteiger partial charge in [0.1, 0.15) is 5.75 Å². The van der Waals surface area contributed by atoms with Crippen LogP contribution in [0.4, 0.5) is 0 Å². The van der Waals surface area contributed by atoms with Crippen LogP contribution in [0.1, 0.15) is 38.2 Å². The lowest BCUT2D eigenvalue weighted by Crippen LogP contribution is -2.50. The molecule has 2 N–H and O–H groups in total. The van der Waals surface area contributed by atoms with E-state index in [1.165, 1.54) is 24.9 Å². The molecule has 1 aromatic carbocycles. The molecular formula is C22H37IN4O2. The highest BCUT2D eigenvalue weighted by atomic mass is 127. The summed E-state index contributed by atoms with van der Waals surface area (Å²) in [6.07, 6.45) is 4.59. The molecule has 29 heavy (non-hydrogen) atoms. The highest BCUT2D eigenvalue weighted by molar-refractivity contribution is 14.0. The van der Waals surface area contributed by atoms with Gasteiger partial charge in [-0.1, -0.05) is 19.1 Å². The van der Waals surface area contributed by atoms with Gasteiger partial charge in [0.05, 0.1) is 7.11 Å². The van der Waals surface area contributed by atoms with Gasteiger partial charge in [-0.25, -0.2) is 0 Å². The molecule has 0 radical (unpaired) electrons. The van der Waals surface area contributed by atoms with Crippen molar-refractivity contribution >= 4 is 29.9 Å². The number of aliphatic imine (C=N–C) groups is 1. The number of nitrogens with zero attached hydrogens (tertiary/aromatic N) is 2. The van der Waals surface area contributed by atoms with Crippen molar-refractivity contribution in [2.24, 2.45) is 4.99 Å². The Kier molecular flexibility index (Phi) is 9.98. The van der Waals surface area contributed by atoms with Crippen LogP contribution in [-0.2, 0) is 10.2 Å². The first kappa shape index (κ1) is 24.2. The Hall–Kier alpha value is -1.06. The van der Waals surface area contributed by atoms with Crippen molar-refractivity contribution in [2.75, 3.05) is 53.6 Å². The number of benzene rings is 1. The summed E-state index contributed by atoms with van der Waals surface area (Å²) < 4.78 is 11.0. The molecule has 1 aromatic rings. The van der Waals surface area contributed by atoms with Gasteiger partial charge >= 0.3 is 0 Å². The van der Waals surface area contributed by atoms with Crippen molar-refractivity contribution in [1.29, 1.82) is 0 Å². The summed E-state index contributed by atoms with van der Waals surface area (Å²) in [7, 11) is 3.56. The second-order valence-corrected chi connectivity index (χ2v) is 7.85. The van der Waals surface area contributed by atoms with Crippen LogP contribution in [0.5, 0.6) is 5.75 Å². The molecule has 0 aromatic heterocycles. The van der Waals surface area contributed by atoms with Crippen molar-refractivity contribution in [3.05, 3.63) is 29.8 Å². The Balaban J connectivity index is 0.00000300. The van der Waals surface area contributed by atoms with Gasteiger partial charge in [0.25, 0.3) is 0 Å². The number of likely N-dealkylation sites (tertiary alicyclic amines) is 1. The highest BCUT2D eigenvalue weighted by Crippen LogP contribution is 2.35. The standard InChI is InChI=1S/C22H36N4O2.HI/c1-4-26-13-5-6-19(26)16-24-21(23-2)25-17-22(11-14-28-15-12-22)18-7-9-20(27-3)10-8-18;/h7-10,19H,4-6,11-17H2,1-3H3,(H2,23,24,25);1H. The third kappa shape index (κ3) is 6.21. The fourth-order valence-electron chi connectivity index (χ4n) is 4.50. The average molecular weight is 516 g/mol. The minimum Gasteiger partial charge on any atom is -0.497 e. The second-order valence-electron chi connectivity index (χ2n) is 7.85. The summed E-state index contributed by atoms with van der Waals surface area (Å²) >= 11 is 0. The van der Waals surface area contributed by atoms with E-state index >= 15 is 0 Å². The van der Waals surface area contributed by atoms with Crippen LogP contribution in [0, 0.1) is 0 Å². The fraction of sp³-hybridized carbons (Fsp3) is 0.682. The topological polar surface area (TPSA) is 58.1 Å². The molecular weight excluding hydrogens is 479 g/mol. The number of methoxy groups -OCH3 is 1. The molecule has 3 rings (SSSR count). The van der Waals surface area contributed by atoms with Gasteiger partial charge in [0.2, 0.25) is 0 Å². The zero-order valence-electron chi connectivity index (χ0n) is 18.1. The van der Waals surface area contributed by atoms with E-state index in [0.717, 1.165) is 57.4 Å². The third-order valence-electron chi connectivity index (χ3n) is 6.38. The van der Waals surface area contributed by atoms with E-state index in [-0.39, 0.29) is 29.4 Å². The molecule has 0 amide bonds. The molecule has 7 heteroatoms. The number of ether oxygens (including phenoxy) is 2. The summed E-state index contributed by atoms with van der Waals surface area (Å²) in [5.41, 5.74) is 1.40. The molecule has 0 spiro atoms. The average Bonchev–Trinajstić information content (AvgIpc) is 3.22. The molecule has 164 valence electrons. The van der Waals surface area contributed by atoms with Gasteiger partial charge in [-0.3, -0.25) is 9.89 Å². The Bertz CT molecular complexity index is 632. The van der Waals surface area contributed by atoms with E-state index < -0.39 is 0 Å². The molecule has 2 aliphatic rings. The smallest absolute Gasteiger partial charge is 0.191 e. The van der Waals surface area contributed by atoms with Gasteiger partial charge < -0.3 is 20.1 Å². The highest BCUT2D eigenvalue weighted by Gasteiger charge is 2.34. The third-order valence-corrected chi connectivity index (χ3v) is 6.38. The van der Waals surface area contributed by atoms with Crippen LogP contribution in [0.3, 0.4) is 0 Å². The van der Waals surface area contributed by atoms with Crippen LogP contribution in [-0.4, -0.2) is 70.5 Å². The normalized spacial score (nSPS) is 22.0. The molecule has 2 heterocycles. The number of rotatable bonds is 7. The number of hydrogen-bond donors (Lipinski definition) is 2. The zero-order chi connectivity index (χ0) is 19.8. The van der Waals surface area contributed by atoms with E-state index in [2.05, 4.69) is 51.7 Å². The fourth-order valence-corrected chi connectivity index (χ4v) is 4.50. The van der Waals surface area contributed by atoms with Gasteiger partial charge in [-0.15, -0.1) is 24.0 Å². The Morgan fingerprint density at radius 2 is 1.97 bits per heavy atom. The molecule has 2 aliphatic heterocycles. The van der Waals surface area contributed by atoms with Crippen molar-refractivity contribution in [2.45, 2.75) is 44.1 Å². The first-order valence-electron chi connectivity index (χ1n) is 10.6. The van der Waals surface area contributed by atoms with Gasteiger partial charge in [-0.05, 0) is 56.5 Å². The Morgan fingerprint density at radius 3 is 2.59 bits per heavy atom. The second kappa shape index (κ2) is 12.0. The number of guanidine groups is 1. The summed E-state index contributed by atoms with van der Waals surface area (Å²) in [5.74, 6) is 1.79. The molecule has 0 aliphatic carbocycles. The predicted molar refractivity (Wildman–Crippen MR) is 130 cm³/mol. The van der Waals surface area contributed by atoms with E-state index in [9.17, 15) is 0 Å². The number of nitrogens with one attached hydrogen (secondary N) is 2.